The zero-order valence-corrected chi connectivity index (χ0v) is 11.6. The molecule has 0 aliphatic carbocycles. The molecule has 1 amide bonds. The van der Waals surface area contributed by atoms with Crippen LogP contribution in [0.2, 0.25) is 0 Å². The number of carbonyl (C=O) groups is 1. The van der Waals surface area contributed by atoms with Gasteiger partial charge < -0.3 is 11.1 Å². The van der Waals surface area contributed by atoms with E-state index in [0.29, 0.717) is 13.0 Å². The van der Waals surface area contributed by atoms with Gasteiger partial charge in [0.05, 0.1) is 6.54 Å². The lowest BCUT2D eigenvalue weighted by Crippen LogP contribution is -2.12. The predicted octanol–water partition coefficient (Wildman–Crippen LogP) is 2.00. The van der Waals surface area contributed by atoms with Crippen LogP contribution in [0.4, 0.5) is 5.69 Å². The van der Waals surface area contributed by atoms with Gasteiger partial charge in [-0.2, -0.15) is 11.8 Å². The minimum Gasteiger partial charge on any atom is -0.326 e. The molecule has 0 unspecified atom stereocenters. The number of nitrogens with one attached hydrogen (secondary N) is 1. The van der Waals surface area contributed by atoms with E-state index in [0.717, 1.165) is 22.6 Å². The Hall–Kier alpha value is -1.44. The van der Waals surface area contributed by atoms with Crippen LogP contribution in [0.5, 0.6) is 0 Å². The number of amides is 1. The van der Waals surface area contributed by atoms with Gasteiger partial charge in [-0.25, -0.2) is 0 Å². The molecule has 0 heterocycles. The molecule has 1 rings (SSSR count). The van der Waals surface area contributed by atoms with Crippen LogP contribution in [0.3, 0.4) is 0 Å². The van der Waals surface area contributed by atoms with Gasteiger partial charge in [0.15, 0.2) is 0 Å². The maximum atomic E-state index is 11.6. The number of thioether (sulfide) groups is 1. The van der Waals surface area contributed by atoms with E-state index in [1.165, 1.54) is 0 Å². The van der Waals surface area contributed by atoms with Gasteiger partial charge in [-0.15, -0.1) is 0 Å². The van der Waals surface area contributed by atoms with E-state index in [1.807, 2.05) is 31.4 Å². The normalized spacial score (nSPS) is 9.50. The van der Waals surface area contributed by atoms with Crippen molar-refractivity contribution in [1.82, 2.24) is 0 Å². The zero-order chi connectivity index (χ0) is 13.4. The van der Waals surface area contributed by atoms with Gasteiger partial charge >= 0.3 is 0 Å². The van der Waals surface area contributed by atoms with Crippen molar-refractivity contribution in [3.63, 3.8) is 0 Å². The maximum absolute atomic E-state index is 11.6. The Kier molecular flexibility index (Phi) is 6.34. The Morgan fingerprint density at radius 3 is 2.94 bits per heavy atom. The van der Waals surface area contributed by atoms with Gasteiger partial charge in [0.25, 0.3) is 0 Å². The maximum Gasteiger partial charge on any atom is 0.225 e. The summed E-state index contributed by atoms with van der Waals surface area (Å²) in [5.74, 6) is 6.69. The van der Waals surface area contributed by atoms with Gasteiger partial charge in [0.1, 0.15) is 0 Å². The van der Waals surface area contributed by atoms with Crippen LogP contribution in [-0.4, -0.2) is 24.5 Å². The van der Waals surface area contributed by atoms with Crippen molar-refractivity contribution < 1.29 is 4.79 Å². The molecule has 0 aromatic heterocycles. The SMILES string of the molecule is CSCCC(=O)Nc1ccc(C)c(C#CCN)c1. The molecule has 4 heteroatoms. The summed E-state index contributed by atoms with van der Waals surface area (Å²) in [5.41, 5.74) is 8.13. The fraction of sp³-hybridized carbons (Fsp3) is 0.357. The number of aryl methyl sites for hydroxylation is 1. The highest BCUT2D eigenvalue weighted by Crippen LogP contribution is 2.14. The summed E-state index contributed by atoms with van der Waals surface area (Å²) >= 11 is 1.66. The fourth-order valence-corrected chi connectivity index (χ4v) is 1.79. The summed E-state index contributed by atoms with van der Waals surface area (Å²) in [4.78, 5) is 11.6. The summed E-state index contributed by atoms with van der Waals surface area (Å²) in [5, 5.41) is 2.87. The molecule has 0 saturated heterocycles. The number of nitrogens with two attached hydrogens (primary N) is 1. The minimum absolute atomic E-state index is 0.0333. The molecule has 1 aromatic rings. The summed E-state index contributed by atoms with van der Waals surface area (Å²) in [6.07, 6.45) is 2.51. The molecule has 18 heavy (non-hydrogen) atoms. The lowest BCUT2D eigenvalue weighted by atomic mass is 10.1. The van der Waals surface area contributed by atoms with E-state index >= 15 is 0 Å². The van der Waals surface area contributed by atoms with Crippen molar-refractivity contribution in [2.45, 2.75) is 13.3 Å². The van der Waals surface area contributed by atoms with Crippen molar-refractivity contribution in [3.05, 3.63) is 29.3 Å². The highest BCUT2D eigenvalue weighted by molar-refractivity contribution is 7.98. The number of benzene rings is 1. The molecule has 0 aliphatic rings. The molecule has 96 valence electrons. The van der Waals surface area contributed by atoms with Crippen LogP contribution in [-0.2, 0) is 4.79 Å². The van der Waals surface area contributed by atoms with E-state index in [1.54, 1.807) is 11.8 Å². The molecule has 0 bridgehead atoms. The number of hydrogen-bond acceptors (Lipinski definition) is 3. The first-order valence-electron chi connectivity index (χ1n) is 5.75. The molecule has 0 saturated carbocycles. The van der Waals surface area contributed by atoms with Crippen LogP contribution in [0, 0.1) is 18.8 Å². The van der Waals surface area contributed by atoms with Crippen LogP contribution in [0.25, 0.3) is 0 Å². The summed E-state index contributed by atoms with van der Waals surface area (Å²) in [6.45, 7) is 2.32. The van der Waals surface area contributed by atoms with E-state index in [-0.39, 0.29) is 5.91 Å². The number of carbonyl (C=O) groups excluding carboxylic acids is 1. The Bertz CT molecular complexity index is 474. The van der Waals surface area contributed by atoms with Crippen LogP contribution >= 0.6 is 11.8 Å². The van der Waals surface area contributed by atoms with Gasteiger partial charge in [-0.1, -0.05) is 17.9 Å². The highest BCUT2D eigenvalue weighted by Gasteiger charge is 2.03. The minimum atomic E-state index is 0.0333. The topological polar surface area (TPSA) is 55.1 Å². The predicted molar refractivity (Wildman–Crippen MR) is 78.7 cm³/mol. The quantitative estimate of drug-likeness (QED) is 0.816. The Morgan fingerprint density at radius 2 is 2.28 bits per heavy atom. The average molecular weight is 262 g/mol. The third kappa shape index (κ3) is 4.82. The number of hydrogen-bond donors (Lipinski definition) is 2. The van der Waals surface area contributed by atoms with Crippen LogP contribution in [0.15, 0.2) is 18.2 Å². The second kappa shape index (κ2) is 7.80. The van der Waals surface area contributed by atoms with E-state index in [9.17, 15) is 4.79 Å². The van der Waals surface area contributed by atoms with Crippen molar-refractivity contribution in [1.29, 1.82) is 0 Å². The first kappa shape index (κ1) is 14.6. The number of anilines is 1. The molecule has 0 fully saturated rings. The Labute approximate surface area is 113 Å². The smallest absolute Gasteiger partial charge is 0.225 e. The zero-order valence-electron chi connectivity index (χ0n) is 10.7. The van der Waals surface area contributed by atoms with Gasteiger partial charge in [-0.05, 0) is 30.9 Å². The lowest BCUT2D eigenvalue weighted by Gasteiger charge is -2.06. The standard InChI is InChI=1S/C14H18N2OS/c1-11-5-6-13(10-12(11)4-3-8-15)16-14(17)7-9-18-2/h5-6,10H,7-9,15H2,1-2H3,(H,16,17). The highest BCUT2D eigenvalue weighted by atomic mass is 32.2. The Morgan fingerprint density at radius 1 is 1.50 bits per heavy atom. The fourth-order valence-electron chi connectivity index (χ4n) is 1.40. The first-order chi connectivity index (χ1) is 8.67. The first-order valence-corrected chi connectivity index (χ1v) is 7.15. The summed E-state index contributed by atoms with van der Waals surface area (Å²) < 4.78 is 0. The second-order valence-electron chi connectivity index (χ2n) is 3.83. The van der Waals surface area contributed by atoms with Crippen LogP contribution in [0.1, 0.15) is 17.5 Å². The Balaban J connectivity index is 2.75. The van der Waals surface area contributed by atoms with Crippen molar-refractivity contribution in [2.75, 3.05) is 23.9 Å². The molecular formula is C14H18N2OS. The molecule has 0 radical (unpaired) electrons. The monoisotopic (exact) mass is 262 g/mol. The summed E-state index contributed by atoms with van der Waals surface area (Å²) in [7, 11) is 0. The van der Waals surface area contributed by atoms with Crippen molar-refractivity contribution in [3.8, 4) is 11.8 Å². The van der Waals surface area contributed by atoms with E-state index in [2.05, 4.69) is 17.2 Å². The molecule has 0 atom stereocenters. The van der Waals surface area contributed by atoms with Gasteiger partial charge in [-0.3, -0.25) is 4.79 Å². The lowest BCUT2D eigenvalue weighted by molar-refractivity contribution is -0.115. The van der Waals surface area contributed by atoms with E-state index in [4.69, 9.17) is 5.73 Å². The van der Waals surface area contributed by atoms with Gasteiger partial charge in [0.2, 0.25) is 5.91 Å². The second-order valence-corrected chi connectivity index (χ2v) is 4.81. The third-order valence-corrected chi connectivity index (χ3v) is 2.99. The van der Waals surface area contributed by atoms with Gasteiger partial charge in [0, 0.05) is 23.4 Å². The molecule has 0 spiro atoms. The molecular weight excluding hydrogens is 244 g/mol. The largest absolute Gasteiger partial charge is 0.326 e. The summed E-state index contributed by atoms with van der Waals surface area (Å²) in [6, 6.07) is 5.72. The molecule has 1 aromatic carbocycles. The average Bonchev–Trinajstić information content (AvgIpc) is 2.37. The molecule has 3 nitrogen and oxygen atoms in total. The van der Waals surface area contributed by atoms with Crippen molar-refractivity contribution >= 4 is 23.4 Å². The third-order valence-electron chi connectivity index (χ3n) is 2.38. The van der Waals surface area contributed by atoms with Crippen LogP contribution < -0.4 is 11.1 Å². The molecule has 0 aliphatic heterocycles. The molecule has 3 N–H and O–H groups in total. The van der Waals surface area contributed by atoms with E-state index < -0.39 is 0 Å². The van der Waals surface area contributed by atoms with Crippen molar-refractivity contribution in [2.24, 2.45) is 5.73 Å². The number of rotatable bonds is 4.